The topological polar surface area (TPSA) is 35.2 Å². The van der Waals surface area contributed by atoms with Gasteiger partial charge in [0.15, 0.2) is 11.6 Å². The molecule has 2 nitrogen and oxygen atoms in total. The molecule has 0 aliphatic heterocycles. The van der Waals surface area contributed by atoms with Crippen molar-refractivity contribution in [2.75, 3.05) is 0 Å². The molecule has 0 saturated carbocycles. The summed E-state index contributed by atoms with van der Waals surface area (Å²) in [5, 5.41) is 0. The van der Waals surface area contributed by atoms with Crippen LogP contribution >= 0.6 is 0 Å². The second-order valence-electron chi connectivity index (χ2n) is 3.89. The zero-order valence-corrected chi connectivity index (χ0v) is 9.70. The van der Waals surface area contributed by atoms with E-state index in [1.807, 2.05) is 0 Å². The van der Waals surface area contributed by atoms with Gasteiger partial charge in [-0.15, -0.1) is 0 Å². The van der Waals surface area contributed by atoms with Gasteiger partial charge in [-0.05, 0) is 35.4 Å². The Kier molecular flexibility index (Phi) is 3.89. The molecule has 0 heterocycles. The lowest BCUT2D eigenvalue weighted by atomic mass is 10.1. The summed E-state index contributed by atoms with van der Waals surface area (Å²) in [6, 6.07) is 10.5. The molecule has 0 saturated heterocycles. The van der Waals surface area contributed by atoms with E-state index in [9.17, 15) is 8.78 Å². The van der Waals surface area contributed by atoms with Crippen molar-refractivity contribution in [2.45, 2.75) is 13.2 Å². The second-order valence-corrected chi connectivity index (χ2v) is 3.89. The third kappa shape index (κ3) is 3.05. The van der Waals surface area contributed by atoms with Crippen LogP contribution in [0, 0.1) is 11.6 Å². The summed E-state index contributed by atoms with van der Waals surface area (Å²) >= 11 is 0. The van der Waals surface area contributed by atoms with Crippen molar-refractivity contribution in [3.63, 3.8) is 0 Å². The summed E-state index contributed by atoms with van der Waals surface area (Å²) in [5.74, 6) is -0.658. The van der Waals surface area contributed by atoms with Gasteiger partial charge in [0.05, 0.1) is 0 Å². The fourth-order valence-corrected chi connectivity index (χ4v) is 1.64. The first-order valence-corrected chi connectivity index (χ1v) is 5.55. The first-order valence-electron chi connectivity index (χ1n) is 5.55. The van der Waals surface area contributed by atoms with Gasteiger partial charge >= 0.3 is 0 Å². The van der Waals surface area contributed by atoms with Crippen molar-refractivity contribution in [1.29, 1.82) is 0 Å². The zero-order valence-electron chi connectivity index (χ0n) is 9.70. The molecule has 2 rings (SSSR count). The minimum absolute atomic E-state index is 0.103. The van der Waals surface area contributed by atoms with Crippen LogP contribution in [0.5, 0.6) is 5.75 Å². The third-order valence-corrected chi connectivity index (χ3v) is 2.48. The van der Waals surface area contributed by atoms with Gasteiger partial charge < -0.3 is 10.5 Å². The van der Waals surface area contributed by atoms with Gasteiger partial charge in [0.2, 0.25) is 0 Å². The summed E-state index contributed by atoms with van der Waals surface area (Å²) in [7, 11) is 0. The highest BCUT2D eigenvalue weighted by Gasteiger charge is 2.04. The molecule has 0 aliphatic rings. The Morgan fingerprint density at radius 1 is 1.00 bits per heavy atom. The van der Waals surface area contributed by atoms with E-state index in [0.29, 0.717) is 11.1 Å². The summed E-state index contributed by atoms with van der Waals surface area (Å²) in [6.07, 6.45) is 0. The minimum Gasteiger partial charge on any atom is -0.486 e. The van der Waals surface area contributed by atoms with Crippen LogP contribution in [0.15, 0.2) is 42.5 Å². The quantitative estimate of drug-likeness (QED) is 0.904. The van der Waals surface area contributed by atoms with E-state index in [4.69, 9.17) is 10.5 Å². The Balaban J connectivity index is 2.11. The Labute approximate surface area is 104 Å². The Morgan fingerprint density at radius 2 is 1.72 bits per heavy atom. The molecule has 4 heteroatoms. The van der Waals surface area contributed by atoms with Crippen LogP contribution in [-0.4, -0.2) is 0 Å². The smallest absolute Gasteiger partial charge is 0.165 e. The molecule has 0 amide bonds. The monoisotopic (exact) mass is 249 g/mol. The molecule has 2 aromatic carbocycles. The molecule has 0 bridgehead atoms. The number of ether oxygens (including phenoxy) is 1. The number of para-hydroxylation sites is 1. The standard InChI is InChI=1S/C14H13F2NO/c15-12-6-10(8-17)5-11(7-12)9-18-14-4-2-1-3-13(14)16/h1-7H,8-9,17H2. The molecule has 0 unspecified atom stereocenters. The first-order chi connectivity index (χ1) is 8.69. The van der Waals surface area contributed by atoms with E-state index in [1.54, 1.807) is 18.2 Å². The van der Waals surface area contributed by atoms with Crippen molar-refractivity contribution in [3.8, 4) is 5.75 Å². The normalized spacial score (nSPS) is 10.4. The number of nitrogens with two attached hydrogens (primary N) is 1. The van der Waals surface area contributed by atoms with E-state index in [-0.39, 0.29) is 24.7 Å². The van der Waals surface area contributed by atoms with Gasteiger partial charge in [-0.3, -0.25) is 0 Å². The van der Waals surface area contributed by atoms with E-state index in [0.717, 1.165) is 0 Å². The van der Waals surface area contributed by atoms with E-state index >= 15 is 0 Å². The zero-order chi connectivity index (χ0) is 13.0. The average molecular weight is 249 g/mol. The molecule has 94 valence electrons. The number of rotatable bonds is 4. The Morgan fingerprint density at radius 3 is 2.44 bits per heavy atom. The van der Waals surface area contributed by atoms with Gasteiger partial charge in [-0.2, -0.15) is 0 Å². The van der Waals surface area contributed by atoms with Crippen molar-refractivity contribution >= 4 is 0 Å². The molecule has 0 radical (unpaired) electrons. The third-order valence-electron chi connectivity index (χ3n) is 2.48. The number of hydrogen-bond donors (Lipinski definition) is 1. The molecule has 2 aromatic rings. The molecule has 0 aromatic heterocycles. The predicted octanol–water partition coefficient (Wildman–Crippen LogP) is 3.00. The maximum atomic E-state index is 13.3. The van der Waals surface area contributed by atoms with Crippen LogP contribution in [0.1, 0.15) is 11.1 Å². The molecule has 0 spiro atoms. The summed E-state index contributed by atoms with van der Waals surface area (Å²) in [4.78, 5) is 0. The molecule has 18 heavy (non-hydrogen) atoms. The Hall–Kier alpha value is -1.94. The van der Waals surface area contributed by atoms with Gasteiger partial charge in [-0.1, -0.05) is 18.2 Å². The van der Waals surface area contributed by atoms with Crippen LogP contribution in [-0.2, 0) is 13.2 Å². The van der Waals surface area contributed by atoms with Crippen molar-refractivity contribution in [2.24, 2.45) is 5.73 Å². The summed E-state index contributed by atoms with van der Waals surface area (Å²) in [6.45, 7) is 0.357. The van der Waals surface area contributed by atoms with Gasteiger partial charge in [0.1, 0.15) is 12.4 Å². The van der Waals surface area contributed by atoms with Crippen LogP contribution in [0.4, 0.5) is 8.78 Å². The molecule has 0 aliphatic carbocycles. The van der Waals surface area contributed by atoms with Gasteiger partial charge in [0, 0.05) is 6.54 Å². The lowest BCUT2D eigenvalue weighted by Gasteiger charge is -2.08. The van der Waals surface area contributed by atoms with Gasteiger partial charge in [-0.25, -0.2) is 8.78 Å². The van der Waals surface area contributed by atoms with Crippen molar-refractivity contribution < 1.29 is 13.5 Å². The molecular weight excluding hydrogens is 236 g/mol. The van der Waals surface area contributed by atoms with Gasteiger partial charge in [0.25, 0.3) is 0 Å². The lowest BCUT2D eigenvalue weighted by molar-refractivity contribution is 0.289. The second kappa shape index (κ2) is 5.60. The first kappa shape index (κ1) is 12.5. The molecule has 2 N–H and O–H groups in total. The van der Waals surface area contributed by atoms with E-state index in [2.05, 4.69) is 0 Å². The minimum atomic E-state index is -0.437. The predicted molar refractivity (Wildman–Crippen MR) is 65.0 cm³/mol. The number of hydrogen-bond acceptors (Lipinski definition) is 2. The molecule has 0 fully saturated rings. The average Bonchev–Trinajstić information content (AvgIpc) is 2.37. The summed E-state index contributed by atoms with van der Waals surface area (Å²) < 4.78 is 31.8. The number of benzene rings is 2. The fraction of sp³-hybridized carbons (Fsp3) is 0.143. The highest BCUT2D eigenvalue weighted by atomic mass is 19.1. The van der Waals surface area contributed by atoms with E-state index in [1.165, 1.54) is 24.3 Å². The number of halogens is 2. The fourth-order valence-electron chi connectivity index (χ4n) is 1.64. The summed E-state index contributed by atoms with van der Waals surface area (Å²) in [5.41, 5.74) is 6.76. The molecular formula is C14H13F2NO. The van der Waals surface area contributed by atoms with E-state index < -0.39 is 5.82 Å². The highest BCUT2D eigenvalue weighted by molar-refractivity contribution is 5.27. The van der Waals surface area contributed by atoms with Crippen LogP contribution in [0.3, 0.4) is 0 Å². The van der Waals surface area contributed by atoms with Crippen LogP contribution in [0.2, 0.25) is 0 Å². The highest BCUT2D eigenvalue weighted by Crippen LogP contribution is 2.18. The maximum Gasteiger partial charge on any atom is 0.165 e. The van der Waals surface area contributed by atoms with Crippen molar-refractivity contribution in [3.05, 3.63) is 65.2 Å². The SMILES string of the molecule is NCc1cc(F)cc(COc2ccccc2F)c1. The largest absolute Gasteiger partial charge is 0.486 e. The maximum absolute atomic E-state index is 13.3. The lowest BCUT2D eigenvalue weighted by Crippen LogP contribution is -2.02. The Bertz CT molecular complexity index is 543. The van der Waals surface area contributed by atoms with Crippen LogP contribution < -0.4 is 10.5 Å². The molecule has 0 atom stereocenters. The van der Waals surface area contributed by atoms with Crippen molar-refractivity contribution in [1.82, 2.24) is 0 Å². The van der Waals surface area contributed by atoms with Crippen LogP contribution in [0.25, 0.3) is 0 Å².